The van der Waals surface area contributed by atoms with E-state index in [2.05, 4.69) is 15.8 Å². The summed E-state index contributed by atoms with van der Waals surface area (Å²) in [5.41, 5.74) is 2.75. The highest BCUT2D eigenvalue weighted by Crippen LogP contribution is 1.96. The van der Waals surface area contributed by atoms with Crippen LogP contribution in [0.5, 0.6) is 0 Å². The van der Waals surface area contributed by atoms with Gasteiger partial charge in [-0.1, -0.05) is 0 Å². The first-order chi connectivity index (χ1) is 5.76. The Morgan fingerprint density at radius 2 is 2.58 bits per heavy atom. The molecule has 0 saturated heterocycles. The lowest BCUT2D eigenvalue weighted by atomic mass is 10.5. The van der Waals surface area contributed by atoms with E-state index in [1.54, 1.807) is 13.1 Å². The van der Waals surface area contributed by atoms with Crippen molar-refractivity contribution in [2.24, 2.45) is 10.9 Å². The molecule has 12 heavy (non-hydrogen) atoms. The van der Waals surface area contributed by atoms with E-state index in [1.165, 1.54) is 0 Å². The first-order valence-electron chi connectivity index (χ1n) is 3.68. The maximum absolute atomic E-state index is 5.40. The fourth-order valence-corrected chi connectivity index (χ4v) is 0.786. The molecule has 0 aromatic rings. The minimum absolute atomic E-state index is 0.489. The SMILES string of the molecule is CCOC1=NN(N)NC(NC)=C1. The number of rotatable bonds is 2. The van der Waals surface area contributed by atoms with Gasteiger partial charge in [0.25, 0.3) is 0 Å². The molecule has 1 aliphatic rings. The van der Waals surface area contributed by atoms with Crippen LogP contribution >= 0.6 is 0 Å². The average molecular weight is 171 g/mol. The lowest BCUT2D eigenvalue weighted by Gasteiger charge is -2.22. The van der Waals surface area contributed by atoms with Gasteiger partial charge < -0.3 is 10.1 Å². The van der Waals surface area contributed by atoms with Gasteiger partial charge in [-0.25, -0.2) is 5.84 Å². The van der Waals surface area contributed by atoms with E-state index in [1.807, 2.05) is 6.92 Å². The van der Waals surface area contributed by atoms with Gasteiger partial charge in [0.05, 0.1) is 6.61 Å². The van der Waals surface area contributed by atoms with Crippen LogP contribution in [0.15, 0.2) is 17.0 Å². The van der Waals surface area contributed by atoms with E-state index in [0.717, 1.165) is 11.0 Å². The van der Waals surface area contributed by atoms with Gasteiger partial charge in [0, 0.05) is 13.1 Å². The summed E-state index contributed by atoms with van der Waals surface area (Å²) in [5.74, 6) is 6.63. The van der Waals surface area contributed by atoms with Crippen molar-refractivity contribution in [1.82, 2.24) is 16.0 Å². The van der Waals surface area contributed by atoms with Crippen LogP contribution in [0.3, 0.4) is 0 Å². The fourth-order valence-electron chi connectivity index (χ4n) is 0.786. The second-order valence-electron chi connectivity index (χ2n) is 2.14. The van der Waals surface area contributed by atoms with Gasteiger partial charge in [0.15, 0.2) is 0 Å². The van der Waals surface area contributed by atoms with E-state index < -0.39 is 0 Å². The molecule has 0 saturated carbocycles. The fraction of sp³-hybridized carbons (Fsp3) is 0.500. The minimum Gasteiger partial charge on any atom is -0.477 e. The smallest absolute Gasteiger partial charge is 0.238 e. The molecule has 0 amide bonds. The quantitative estimate of drug-likeness (QED) is 0.469. The van der Waals surface area contributed by atoms with E-state index in [4.69, 9.17) is 10.6 Å². The summed E-state index contributed by atoms with van der Waals surface area (Å²) in [5, 5.41) is 7.83. The summed E-state index contributed by atoms with van der Waals surface area (Å²) < 4.78 is 5.16. The second kappa shape index (κ2) is 3.82. The summed E-state index contributed by atoms with van der Waals surface area (Å²) in [6.07, 6.45) is 1.73. The maximum atomic E-state index is 5.40. The third-order valence-corrected chi connectivity index (χ3v) is 1.27. The summed E-state index contributed by atoms with van der Waals surface area (Å²) in [7, 11) is 1.78. The lowest BCUT2D eigenvalue weighted by molar-refractivity contribution is 0.200. The van der Waals surface area contributed by atoms with Gasteiger partial charge in [-0.2, -0.15) is 0 Å². The summed E-state index contributed by atoms with van der Waals surface area (Å²) in [4.78, 5) is 0. The molecule has 0 atom stereocenters. The molecule has 68 valence electrons. The number of nitrogens with two attached hydrogens (primary N) is 1. The Bertz CT molecular complexity index is 212. The number of nitrogens with one attached hydrogen (secondary N) is 2. The Kier molecular flexibility index (Phi) is 2.76. The third kappa shape index (κ3) is 2.03. The summed E-state index contributed by atoms with van der Waals surface area (Å²) in [6.45, 7) is 2.46. The normalized spacial score (nSPS) is 16.1. The van der Waals surface area contributed by atoms with Crippen molar-refractivity contribution in [1.29, 1.82) is 0 Å². The lowest BCUT2D eigenvalue weighted by Crippen LogP contribution is -2.45. The molecule has 1 heterocycles. The molecular formula is C6H13N5O. The van der Waals surface area contributed by atoms with E-state index in [0.29, 0.717) is 12.5 Å². The molecule has 0 aliphatic carbocycles. The summed E-state index contributed by atoms with van der Waals surface area (Å²) in [6, 6.07) is 0. The van der Waals surface area contributed by atoms with Crippen LogP contribution in [0.1, 0.15) is 6.92 Å². The van der Waals surface area contributed by atoms with Crippen molar-refractivity contribution in [3.8, 4) is 0 Å². The number of hydrazone groups is 1. The van der Waals surface area contributed by atoms with Crippen LogP contribution in [-0.4, -0.2) is 24.8 Å². The molecule has 4 N–H and O–H groups in total. The Labute approximate surface area is 71.0 Å². The van der Waals surface area contributed by atoms with E-state index >= 15 is 0 Å². The zero-order valence-corrected chi connectivity index (χ0v) is 7.16. The predicted molar refractivity (Wildman–Crippen MR) is 45.4 cm³/mol. The largest absolute Gasteiger partial charge is 0.477 e. The van der Waals surface area contributed by atoms with Crippen molar-refractivity contribution in [3.05, 3.63) is 11.9 Å². The van der Waals surface area contributed by atoms with Crippen molar-refractivity contribution < 1.29 is 4.74 Å². The first kappa shape index (κ1) is 8.66. The molecule has 1 rings (SSSR count). The van der Waals surface area contributed by atoms with Gasteiger partial charge in [-0.15, -0.1) is 10.3 Å². The topological polar surface area (TPSA) is 74.9 Å². The second-order valence-corrected chi connectivity index (χ2v) is 2.14. The van der Waals surface area contributed by atoms with Crippen molar-refractivity contribution in [2.45, 2.75) is 6.92 Å². The molecule has 0 aromatic heterocycles. The zero-order valence-electron chi connectivity index (χ0n) is 7.16. The predicted octanol–water partition coefficient (Wildman–Crippen LogP) is -0.909. The molecule has 0 radical (unpaired) electrons. The van der Waals surface area contributed by atoms with E-state index in [-0.39, 0.29) is 0 Å². The number of hydrogen-bond donors (Lipinski definition) is 3. The monoisotopic (exact) mass is 171 g/mol. The Hall–Kier alpha value is -1.43. The Morgan fingerprint density at radius 1 is 1.83 bits per heavy atom. The highest BCUT2D eigenvalue weighted by atomic mass is 16.5. The van der Waals surface area contributed by atoms with Crippen LogP contribution in [0, 0.1) is 0 Å². The summed E-state index contributed by atoms with van der Waals surface area (Å²) >= 11 is 0. The molecule has 0 aromatic carbocycles. The van der Waals surface area contributed by atoms with Gasteiger partial charge in [-0.3, -0.25) is 5.43 Å². The van der Waals surface area contributed by atoms with Crippen LogP contribution < -0.4 is 16.6 Å². The molecule has 6 nitrogen and oxygen atoms in total. The van der Waals surface area contributed by atoms with Crippen LogP contribution in [0.2, 0.25) is 0 Å². The number of ether oxygens (including phenoxy) is 1. The molecular weight excluding hydrogens is 158 g/mol. The Balaban J connectivity index is 2.65. The minimum atomic E-state index is 0.489. The highest BCUT2D eigenvalue weighted by Gasteiger charge is 2.08. The third-order valence-electron chi connectivity index (χ3n) is 1.27. The highest BCUT2D eigenvalue weighted by molar-refractivity contribution is 5.88. The van der Waals surface area contributed by atoms with E-state index in [9.17, 15) is 0 Å². The van der Waals surface area contributed by atoms with Crippen LogP contribution in [0.4, 0.5) is 0 Å². The number of hydrazine groups is 2. The van der Waals surface area contributed by atoms with Gasteiger partial charge >= 0.3 is 0 Å². The van der Waals surface area contributed by atoms with Crippen molar-refractivity contribution in [2.75, 3.05) is 13.7 Å². The standard InChI is InChI=1S/C6H13N5O/c1-3-12-6-4-5(8-2)9-11(7)10-6/h4,8-9H,3,7H2,1-2H3. The van der Waals surface area contributed by atoms with Gasteiger partial charge in [-0.05, 0) is 6.92 Å². The molecule has 6 heteroatoms. The molecule has 0 fully saturated rings. The van der Waals surface area contributed by atoms with Crippen LogP contribution in [0.25, 0.3) is 0 Å². The van der Waals surface area contributed by atoms with Crippen molar-refractivity contribution >= 4 is 5.90 Å². The molecule has 0 spiro atoms. The van der Waals surface area contributed by atoms with Gasteiger partial charge in [0.1, 0.15) is 5.82 Å². The number of nitrogens with zero attached hydrogens (tertiary/aromatic N) is 2. The van der Waals surface area contributed by atoms with Crippen molar-refractivity contribution in [3.63, 3.8) is 0 Å². The molecule has 1 aliphatic heterocycles. The number of hydrogen-bond acceptors (Lipinski definition) is 6. The first-order valence-corrected chi connectivity index (χ1v) is 3.68. The average Bonchev–Trinajstić information content (AvgIpc) is 2.04. The zero-order chi connectivity index (χ0) is 8.97. The van der Waals surface area contributed by atoms with Crippen LogP contribution in [-0.2, 0) is 4.74 Å². The van der Waals surface area contributed by atoms with Gasteiger partial charge in [0.2, 0.25) is 5.90 Å². The molecule has 0 bridgehead atoms. The Morgan fingerprint density at radius 3 is 3.17 bits per heavy atom. The molecule has 0 unspecified atom stereocenters. The maximum Gasteiger partial charge on any atom is 0.238 e.